The van der Waals surface area contributed by atoms with Crippen LogP contribution in [0.2, 0.25) is 0 Å². The molecule has 2 N–H and O–H groups in total. The van der Waals surface area contributed by atoms with E-state index in [0.29, 0.717) is 11.3 Å². The maximum absolute atomic E-state index is 13.2. The lowest BCUT2D eigenvalue weighted by molar-refractivity contribution is 0.590. The molecule has 6 rings (SSSR count). The number of hydrogen-bond acceptors (Lipinski definition) is 6. The van der Waals surface area contributed by atoms with Gasteiger partial charge in [0.25, 0.3) is 10.0 Å². The number of nitrogens with zero attached hydrogens (tertiary/aromatic N) is 2. The molecule has 2 aromatic heterocycles. The molecule has 7 nitrogen and oxygen atoms in total. The van der Waals surface area contributed by atoms with E-state index in [1.807, 2.05) is 42.5 Å². The second-order valence-electron chi connectivity index (χ2n) is 8.16. The molecule has 5 aromatic rings. The third kappa shape index (κ3) is 3.94. The van der Waals surface area contributed by atoms with Gasteiger partial charge in [0.05, 0.1) is 10.4 Å². The van der Waals surface area contributed by atoms with Crippen molar-refractivity contribution in [2.24, 2.45) is 0 Å². The van der Waals surface area contributed by atoms with Crippen LogP contribution in [-0.4, -0.2) is 39.6 Å². The number of piperazine rings is 1. The van der Waals surface area contributed by atoms with Crippen molar-refractivity contribution in [3.8, 4) is 0 Å². The number of halogens is 1. The van der Waals surface area contributed by atoms with Gasteiger partial charge in [-0.25, -0.2) is 8.42 Å². The largest absolute Gasteiger partial charge is 0.456 e. The van der Waals surface area contributed by atoms with Gasteiger partial charge in [0.2, 0.25) is 0 Å². The minimum atomic E-state index is -3.79. The fourth-order valence-corrected chi connectivity index (χ4v) is 5.54. The van der Waals surface area contributed by atoms with Crippen LogP contribution in [0, 0.1) is 0 Å². The fourth-order valence-electron chi connectivity index (χ4n) is 4.46. The molecule has 0 amide bonds. The number of benzene rings is 3. The van der Waals surface area contributed by atoms with E-state index in [-0.39, 0.29) is 17.3 Å². The highest BCUT2D eigenvalue weighted by atomic mass is 35.5. The van der Waals surface area contributed by atoms with E-state index in [1.165, 1.54) is 0 Å². The minimum Gasteiger partial charge on any atom is -0.456 e. The smallest absolute Gasteiger partial charge is 0.261 e. The number of nitrogens with one attached hydrogen (secondary N) is 2. The molecule has 174 valence electrons. The Morgan fingerprint density at radius 1 is 0.882 bits per heavy atom. The number of para-hydroxylation sites is 1. The number of hydrogen-bond donors (Lipinski definition) is 2. The first-order valence-corrected chi connectivity index (χ1v) is 12.4. The van der Waals surface area contributed by atoms with Gasteiger partial charge in [0.15, 0.2) is 0 Å². The van der Waals surface area contributed by atoms with Crippen LogP contribution in [0.5, 0.6) is 0 Å². The molecule has 1 saturated heterocycles. The van der Waals surface area contributed by atoms with Crippen LogP contribution >= 0.6 is 12.4 Å². The summed E-state index contributed by atoms with van der Waals surface area (Å²) in [4.78, 5) is 6.95. The summed E-state index contributed by atoms with van der Waals surface area (Å²) >= 11 is 0. The summed E-state index contributed by atoms with van der Waals surface area (Å²) in [5.41, 5.74) is 3.79. The van der Waals surface area contributed by atoms with E-state index in [1.54, 1.807) is 30.5 Å². The van der Waals surface area contributed by atoms with Crippen LogP contribution in [0.3, 0.4) is 0 Å². The van der Waals surface area contributed by atoms with Gasteiger partial charge >= 0.3 is 0 Å². The standard InChI is InChI=1S/C25H22N4O3S.ClH/c30-33(31,18-6-8-25-20(16-18)19-3-1-2-4-24(19)32-25)28-17-5-7-22-21(15-17)23(9-10-27-22)29-13-11-26-12-14-29;/h1-10,15-16,26,28H,11-14H2;1H. The Labute approximate surface area is 203 Å². The third-order valence-corrected chi connectivity index (χ3v) is 7.47. The monoisotopic (exact) mass is 494 g/mol. The topological polar surface area (TPSA) is 87.5 Å². The molecule has 0 saturated carbocycles. The van der Waals surface area contributed by atoms with Gasteiger partial charge in [-0.2, -0.15) is 0 Å². The normalized spacial score (nSPS) is 14.4. The molecule has 0 radical (unpaired) electrons. The maximum atomic E-state index is 13.2. The molecule has 1 fully saturated rings. The summed E-state index contributed by atoms with van der Waals surface area (Å²) in [5, 5.41) is 5.95. The average Bonchev–Trinajstić information content (AvgIpc) is 3.22. The molecule has 1 aliphatic heterocycles. The van der Waals surface area contributed by atoms with E-state index in [9.17, 15) is 8.42 Å². The van der Waals surface area contributed by atoms with Gasteiger partial charge in [-0.05, 0) is 48.5 Å². The second-order valence-corrected chi connectivity index (χ2v) is 9.84. The summed E-state index contributed by atoms with van der Waals surface area (Å²) < 4.78 is 35.1. The van der Waals surface area contributed by atoms with E-state index >= 15 is 0 Å². The molecule has 9 heteroatoms. The molecule has 3 aromatic carbocycles. The Kier molecular flexibility index (Phi) is 5.81. The van der Waals surface area contributed by atoms with Crippen LogP contribution in [0.4, 0.5) is 11.4 Å². The molecular weight excluding hydrogens is 472 g/mol. The highest BCUT2D eigenvalue weighted by molar-refractivity contribution is 7.92. The van der Waals surface area contributed by atoms with Crippen LogP contribution in [-0.2, 0) is 10.0 Å². The van der Waals surface area contributed by atoms with Crippen molar-refractivity contribution in [1.82, 2.24) is 10.3 Å². The lowest BCUT2D eigenvalue weighted by Crippen LogP contribution is -2.43. The van der Waals surface area contributed by atoms with E-state index in [0.717, 1.165) is 59.1 Å². The SMILES string of the molecule is Cl.O=S(=O)(Nc1ccc2nccc(N3CCNCC3)c2c1)c1ccc2oc3ccccc3c2c1. The average molecular weight is 495 g/mol. The quantitative estimate of drug-likeness (QED) is 0.374. The Bertz CT molecular complexity index is 1610. The lowest BCUT2D eigenvalue weighted by Gasteiger charge is -2.30. The van der Waals surface area contributed by atoms with Crippen LogP contribution in [0.15, 0.2) is 82.2 Å². The Morgan fingerprint density at radius 2 is 1.68 bits per heavy atom. The van der Waals surface area contributed by atoms with Crippen molar-refractivity contribution >= 4 is 66.6 Å². The number of furan rings is 1. The van der Waals surface area contributed by atoms with Crippen molar-refractivity contribution in [2.45, 2.75) is 4.90 Å². The van der Waals surface area contributed by atoms with Gasteiger partial charge in [0, 0.05) is 59.9 Å². The molecule has 0 bridgehead atoms. The zero-order valence-corrected chi connectivity index (χ0v) is 19.8. The summed E-state index contributed by atoms with van der Waals surface area (Å²) in [6.07, 6.45) is 1.80. The van der Waals surface area contributed by atoms with E-state index in [2.05, 4.69) is 19.9 Å². The minimum absolute atomic E-state index is 0. The highest BCUT2D eigenvalue weighted by Crippen LogP contribution is 2.32. The molecule has 34 heavy (non-hydrogen) atoms. The number of fused-ring (bicyclic) bond motifs is 4. The van der Waals surface area contributed by atoms with Gasteiger partial charge in [0.1, 0.15) is 11.2 Å². The molecular formula is C25H23ClN4O3S. The summed E-state index contributed by atoms with van der Waals surface area (Å²) in [5.74, 6) is 0. The van der Waals surface area contributed by atoms with Gasteiger partial charge < -0.3 is 14.6 Å². The number of aromatic nitrogens is 1. The van der Waals surface area contributed by atoms with Gasteiger partial charge in [-0.3, -0.25) is 9.71 Å². The number of rotatable bonds is 4. The molecule has 0 aliphatic carbocycles. The third-order valence-electron chi connectivity index (χ3n) is 6.09. The molecule has 0 atom stereocenters. The van der Waals surface area contributed by atoms with Crippen molar-refractivity contribution in [2.75, 3.05) is 35.8 Å². The molecule has 0 spiro atoms. The first-order chi connectivity index (χ1) is 16.1. The van der Waals surface area contributed by atoms with Gasteiger partial charge in [-0.1, -0.05) is 18.2 Å². The van der Waals surface area contributed by atoms with Crippen molar-refractivity contribution in [3.63, 3.8) is 0 Å². The van der Waals surface area contributed by atoms with Crippen molar-refractivity contribution in [3.05, 3.63) is 72.9 Å². The predicted octanol–water partition coefficient (Wildman–Crippen LogP) is 4.77. The van der Waals surface area contributed by atoms with Crippen molar-refractivity contribution < 1.29 is 12.8 Å². The Balaban J connectivity index is 0.00000241. The summed E-state index contributed by atoms with van der Waals surface area (Å²) in [7, 11) is -3.79. The molecule has 1 aliphatic rings. The van der Waals surface area contributed by atoms with E-state index in [4.69, 9.17) is 4.42 Å². The second kappa shape index (κ2) is 8.79. The fraction of sp³-hybridized carbons (Fsp3) is 0.160. The summed E-state index contributed by atoms with van der Waals surface area (Å²) in [6, 6.07) is 20.0. The van der Waals surface area contributed by atoms with Crippen molar-refractivity contribution in [1.29, 1.82) is 0 Å². The van der Waals surface area contributed by atoms with Gasteiger partial charge in [-0.15, -0.1) is 12.4 Å². The highest BCUT2D eigenvalue weighted by Gasteiger charge is 2.19. The van der Waals surface area contributed by atoms with Crippen LogP contribution in [0.25, 0.3) is 32.8 Å². The van der Waals surface area contributed by atoms with Crippen LogP contribution in [0.1, 0.15) is 0 Å². The zero-order chi connectivity index (χ0) is 22.4. The summed E-state index contributed by atoms with van der Waals surface area (Å²) in [6.45, 7) is 3.63. The number of sulfonamides is 1. The molecule has 0 unspecified atom stereocenters. The number of pyridine rings is 1. The Hall–Kier alpha value is -3.33. The first-order valence-electron chi connectivity index (χ1n) is 10.9. The van der Waals surface area contributed by atoms with Crippen LogP contribution < -0.4 is 14.9 Å². The Morgan fingerprint density at radius 3 is 2.53 bits per heavy atom. The van der Waals surface area contributed by atoms with E-state index < -0.39 is 10.0 Å². The number of anilines is 2. The zero-order valence-electron chi connectivity index (χ0n) is 18.2. The molecule has 3 heterocycles. The predicted molar refractivity (Wildman–Crippen MR) is 139 cm³/mol. The maximum Gasteiger partial charge on any atom is 0.261 e. The lowest BCUT2D eigenvalue weighted by atomic mass is 10.1. The first kappa shape index (κ1) is 22.5.